The largest absolute Gasteiger partial charge is 0.353 e. The Hall–Kier alpha value is -1.06. The van der Waals surface area contributed by atoms with Crippen molar-refractivity contribution in [1.82, 2.24) is 5.32 Å². The molecule has 4 atom stereocenters. The van der Waals surface area contributed by atoms with Gasteiger partial charge in [0.15, 0.2) is 0 Å². The van der Waals surface area contributed by atoms with Gasteiger partial charge in [0.2, 0.25) is 5.91 Å². The summed E-state index contributed by atoms with van der Waals surface area (Å²) in [5, 5.41) is 3.21. The fourth-order valence-electron chi connectivity index (χ4n) is 3.25. The molecule has 0 saturated heterocycles. The van der Waals surface area contributed by atoms with E-state index in [4.69, 9.17) is 5.73 Å². The monoisotopic (exact) mass is 324 g/mol. The third-order valence-electron chi connectivity index (χ3n) is 4.84. The summed E-state index contributed by atoms with van der Waals surface area (Å²) in [6.07, 6.45) is 5.97. The zero-order valence-electron chi connectivity index (χ0n) is 13.6. The molecule has 3 N–H and O–H groups in total. The van der Waals surface area contributed by atoms with Crippen molar-refractivity contribution >= 4 is 18.3 Å². The molecule has 3 nitrogen and oxygen atoms in total. The molecule has 0 spiro atoms. The lowest BCUT2D eigenvalue weighted by Crippen LogP contribution is -2.43. The predicted molar refractivity (Wildman–Crippen MR) is 94.0 cm³/mol. The number of hydrogen-bond donors (Lipinski definition) is 2. The molecule has 4 heteroatoms. The zero-order chi connectivity index (χ0) is 15.2. The van der Waals surface area contributed by atoms with Gasteiger partial charge in [-0.05, 0) is 24.3 Å². The highest BCUT2D eigenvalue weighted by Gasteiger charge is 2.27. The van der Waals surface area contributed by atoms with E-state index >= 15 is 0 Å². The van der Waals surface area contributed by atoms with E-state index in [1.807, 2.05) is 37.3 Å². The second kappa shape index (κ2) is 9.16. The molecule has 2 rings (SSSR count). The maximum atomic E-state index is 12.4. The molecule has 0 bridgehead atoms. The molecule has 0 heterocycles. The van der Waals surface area contributed by atoms with Crippen LogP contribution in [0.3, 0.4) is 0 Å². The van der Waals surface area contributed by atoms with E-state index in [0.717, 1.165) is 24.3 Å². The molecule has 1 aliphatic rings. The van der Waals surface area contributed by atoms with Crippen molar-refractivity contribution in [3.8, 4) is 0 Å². The highest BCUT2D eigenvalue weighted by molar-refractivity contribution is 5.85. The van der Waals surface area contributed by atoms with Crippen molar-refractivity contribution in [3.63, 3.8) is 0 Å². The van der Waals surface area contributed by atoms with Crippen LogP contribution in [0, 0.1) is 11.8 Å². The normalized spacial score (nSPS) is 24.0. The Morgan fingerprint density at radius 1 is 1.32 bits per heavy atom. The van der Waals surface area contributed by atoms with Gasteiger partial charge in [0, 0.05) is 12.1 Å². The van der Waals surface area contributed by atoms with E-state index in [0.29, 0.717) is 6.04 Å². The van der Waals surface area contributed by atoms with Crippen molar-refractivity contribution in [2.75, 3.05) is 0 Å². The Morgan fingerprint density at radius 2 is 2.00 bits per heavy atom. The number of carbonyl (C=O) groups is 1. The van der Waals surface area contributed by atoms with Crippen molar-refractivity contribution in [1.29, 1.82) is 0 Å². The van der Waals surface area contributed by atoms with E-state index in [1.165, 1.54) is 19.3 Å². The summed E-state index contributed by atoms with van der Waals surface area (Å²) in [5.41, 5.74) is 7.26. The topological polar surface area (TPSA) is 55.1 Å². The summed E-state index contributed by atoms with van der Waals surface area (Å²) in [7, 11) is 0. The van der Waals surface area contributed by atoms with Crippen LogP contribution in [0.5, 0.6) is 0 Å². The number of halogens is 1. The molecule has 124 valence electrons. The minimum atomic E-state index is -0.239. The number of nitrogens with one attached hydrogen (secondary N) is 1. The van der Waals surface area contributed by atoms with Crippen molar-refractivity contribution in [2.45, 2.75) is 58.0 Å². The van der Waals surface area contributed by atoms with Crippen molar-refractivity contribution < 1.29 is 4.79 Å². The minimum absolute atomic E-state index is 0. The van der Waals surface area contributed by atoms with Crippen LogP contribution in [-0.2, 0) is 4.79 Å². The zero-order valence-corrected chi connectivity index (χ0v) is 14.4. The molecule has 1 aliphatic carbocycles. The first-order valence-electron chi connectivity index (χ1n) is 8.22. The third kappa shape index (κ3) is 4.99. The fraction of sp³-hybridized carbons (Fsp3) is 0.611. The summed E-state index contributed by atoms with van der Waals surface area (Å²) in [4.78, 5) is 12.4. The highest BCUT2D eigenvalue weighted by Crippen LogP contribution is 2.27. The first-order chi connectivity index (χ1) is 10.1. The van der Waals surface area contributed by atoms with E-state index < -0.39 is 0 Å². The molecule has 1 aromatic rings. The van der Waals surface area contributed by atoms with Crippen LogP contribution in [0.4, 0.5) is 0 Å². The SMILES string of the molecule is CCC1CCCC(NC(=O)C(C)C(N)c2ccccc2)C1.Cl. The average molecular weight is 325 g/mol. The number of benzene rings is 1. The maximum absolute atomic E-state index is 12.4. The fourth-order valence-corrected chi connectivity index (χ4v) is 3.25. The first-order valence-corrected chi connectivity index (χ1v) is 8.22. The molecule has 1 fully saturated rings. The Balaban J connectivity index is 0.00000242. The van der Waals surface area contributed by atoms with Gasteiger partial charge in [-0.1, -0.05) is 63.4 Å². The molecule has 0 aliphatic heterocycles. The van der Waals surface area contributed by atoms with Crippen LogP contribution < -0.4 is 11.1 Å². The second-order valence-electron chi connectivity index (χ2n) is 6.37. The lowest BCUT2D eigenvalue weighted by molar-refractivity contribution is -0.126. The Labute approximate surface area is 140 Å². The van der Waals surface area contributed by atoms with Crippen LogP contribution >= 0.6 is 12.4 Å². The number of rotatable bonds is 5. The molecule has 4 unspecified atom stereocenters. The van der Waals surface area contributed by atoms with Crippen LogP contribution in [0.2, 0.25) is 0 Å². The van der Waals surface area contributed by atoms with Crippen molar-refractivity contribution in [2.24, 2.45) is 17.6 Å². The number of hydrogen-bond acceptors (Lipinski definition) is 2. The molecule has 0 aromatic heterocycles. The number of nitrogens with two attached hydrogens (primary N) is 1. The smallest absolute Gasteiger partial charge is 0.224 e. The third-order valence-corrected chi connectivity index (χ3v) is 4.84. The van der Waals surface area contributed by atoms with Crippen LogP contribution in [0.1, 0.15) is 57.6 Å². The lowest BCUT2D eigenvalue weighted by Gasteiger charge is -2.30. The first kappa shape index (κ1) is 19.0. The summed E-state index contributed by atoms with van der Waals surface area (Å²) in [6, 6.07) is 9.97. The van der Waals surface area contributed by atoms with Crippen LogP contribution in [0.15, 0.2) is 30.3 Å². The Kier molecular flexibility index (Phi) is 7.91. The van der Waals surface area contributed by atoms with Gasteiger partial charge < -0.3 is 11.1 Å². The number of amides is 1. The maximum Gasteiger partial charge on any atom is 0.224 e. The standard InChI is InChI=1S/C18H28N2O.ClH/c1-3-14-8-7-11-16(12-14)20-18(21)13(2)17(19)15-9-5-4-6-10-15;/h4-6,9-10,13-14,16-17H,3,7-8,11-12,19H2,1-2H3,(H,20,21);1H. The summed E-state index contributed by atoms with van der Waals surface area (Å²) >= 11 is 0. The number of carbonyl (C=O) groups excluding carboxylic acids is 1. The van der Waals surface area contributed by atoms with Gasteiger partial charge in [-0.15, -0.1) is 12.4 Å². The summed E-state index contributed by atoms with van der Waals surface area (Å²) in [5.74, 6) is 0.657. The molecule has 1 saturated carbocycles. The molecule has 0 radical (unpaired) electrons. The lowest BCUT2D eigenvalue weighted by atomic mass is 9.84. The molecular formula is C18H29ClN2O. The van der Waals surface area contributed by atoms with Gasteiger partial charge in [0.25, 0.3) is 0 Å². The van der Waals surface area contributed by atoms with Gasteiger partial charge in [0.05, 0.1) is 5.92 Å². The van der Waals surface area contributed by atoms with Gasteiger partial charge in [0.1, 0.15) is 0 Å². The van der Waals surface area contributed by atoms with Crippen LogP contribution in [0.25, 0.3) is 0 Å². The van der Waals surface area contributed by atoms with E-state index in [2.05, 4.69) is 12.2 Å². The predicted octanol–water partition coefficient (Wildman–Crippen LogP) is 3.83. The molecular weight excluding hydrogens is 296 g/mol. The minimum Gasteiger partial charge on any atom is -0.353 e. The van der Waals surface area contributed by atoms with E-state index in [9.17, 15) is 4.79 Å². The summed E-state index contributed by atoms with van der Waals surface area (Å²) in [6.45, 7) is 4.16. The van der Waals surface area contributed by atoms with E-state index in [1.54, 1.807) is 0 Å². The van der Waals surface area contributed by atoms with Crippen LogP contribution in [-0.4, -0.2) is 11.9 Å². The van der Waals surface area contributed by atoms with Gasteiger partial charge in [-0.2, -0.15) is 0 Å². The van der Waals surface area contributed by atoms with Gasteiger partial charge in [-0.25, -0.2) is 0 Å². The van der Waals surface area contributed by atoms with Gasteiger partial charge >= 0.3 is 0 Å². The second-order valence-corrected chi connectivity index (χ2v) is 6.37. The van der Waals surface area contributed by atoms with Gasteiger partial charge in [-0.3, -0.25) is 4.79 Å². The summed E-state index contributed by atoms with van der Waals surface area (Å²) < 4.78 is 0. The molecule has 1 aromatic carbocycles. The Morgan fingerprint density at radius 3 is 2.64 bits per heavy atom. The molecule has 22 heavy (non-hydrogen) atoms. The van der Waals surface area contributed by atoms with E-state index in [-0.39, 0.29) is 30.3 Å². The average Bonchev–Trinajstić information content (AvgIpc) is 2.54. The van der Waals surface area contributed by atoms with Crippen molar-refractivity contribution in [3.05, 3.63) is 35.9 Å². The quantitative estimate of drug-likeness (QED) is 0.864. The Bertz CT molecular complexity index is 452. The highest BCUT2D eigenvalue weighted by atomic mass is 35.5. The molecule has 1 amide bonds.